The van der Waals surface area contributed by atoms with E-state index in [1.165, 1.54) is 0 Å². The molecule has 0 radical (unpaired) electrons. The van der Waals surface area contributed by atoms with Gasteiger partial charge in [-0.3, -0.25) is 0 Å². The van der Waals surface area contributed by atoms with Crippen molar-refractivity contribution in [3.8, 4) is 0 Å². The predicted octanol–water partition coefficient (Wildman–Crippen LogP) is 2.17. The van der Waals surface area contributed by atoms with Crippen molar-refractivity contribution >= 4 is 5.97 Å². The summed E-state index contributed by atoms with van der Waals surface area (Å²) >= 11 is 0. The molecule has 2 heteroatoms. The van der Waals surface area contributed by atoms with Crippen molar-refractivity contribution in [2.45, 2.75) is 26.7 Å². The second-order valence-corrected chi connectivity index (χ2v) is 2.59. The zero-order chi connectivity index (χ0) is 8.27. The van der Waals surface area contributed by atoms with Gasteiger partial charge in [-0.05, 0) is 19.4 Å². The van der Waals surface area contributed by atoms with Gasteiger partial charge < -0.3 is 4.74 Å². The number of hydrogen-bond donors (Lipinski definition) is 0. The average Bonchev–Trinajstić information content (AvgIpc) is 2.26. The quantitative estimate of drug-likeness (QED) is 0.447. The van der Waals surface area contributed by atoms with Crippen LogP contribution >= 0.6 is 0 Å². The van der Waals surface area contributed by atoms with Gasteiger partial charge in [0, 0.05) is 0 Å². The van der Waals surface area contributed by atoms with E-state index in [9.17, 15) is 4.79 Å². The topological polar surface area (TPSA) is 26.3 Å². The minimum Gasteiger partial charge on any atom is -0.428 e. The molecule has 0 aliphatic carbocycles. The second-order valence-electron chi connectivity index (χ2n) is 2.59. The zero-order valence-electron chi connectivity index (χ0n) is 6.89. The first kappa shape index (κ1) is 8.05. The van der Waals surface area contributed by atoms with Gasteiger partial charge in [0.25, 0.3) is 0 Å². The van der Waals surface area contributed by atoms with Crippen LogP contribution in [0.15, 0.2) is 23.5 Å². The molecule has 0 spiro atoms. The highest BCUT2D eigenvalue weighted by Gasteiger charge is 2.16. The molecule has 11 heavy (non-hydrogen) atoms. The summed E-state index contributed by atoms with van der Waals surface area (Å²) in [5.41, 5.74) is 0.698. The Morgan fingerprint density at radius 3 is 2.82 bits per heavy atom. The highest BCUT2D eigenvalue weighted by Crippen LogP contribution is 2.16. The summed E-state index contributed by atoms with van der Waals surface area (Å²) in [5.74, 6) is 0.480. The highest BCUT2D eigenvalue weighted by atomic mass is 16.5. The molecule has 0 aromatic rings. The van der Waals surface area contributed by atoms with Crippen molar-refractivity contribution in [2.24, 2.45) is 0 Å². The summed E-state index contributed by atoms with van der Waals surface area (Å²) < 4.78 is 4.82. The summed E-state index contributed by atoms with van der Waals surface area (Å²) in [6.45, 7) is 3.86. The standard InChI is InChI=1S/C9H12O2/c1-3-4-5-8-6-7(2)11-9(8)10/h5-6H,3-4H2,1-2H3. The number of hydrogen-bond acceptors (Lipinski definition) is 2. The van der Waals surface area contributed by atoms with E-state index in [1.807, 2.05) is 6.08 Å². The number of carbonyl (C=O) groups excluding carboxylic acids is 1. The Balaban J connectivity index is 2.65. The maximum atomic E-state index is 10.9. The molecule has 0 atom stereocenters. The van der Waals surface area contributed by atoms with Crippen LogP contribution in [0.25, 0.3) is 0 Å². The molecular weight excluding hydrogens is 140 g/mol. The lowest BCUT2D eigenvalue weighted by Crippen LogP contribution is -1.95. The Kier molecular flexibility index (Phi) is 2.47. The normalized spacial score (nSPS) is 20.4. The first-order valence-electron chi connectivity index (χ1n) is 3.84. The number of carbonyl (C=O) groups is 1. The number of esters is 1. The third kappa shape index (κ3) is 1.93. The monoisotopic (exact) mass is 152 g/mol. The van der Waals surface area contributed by atoms with Crippen molar-refractivity contribution in [2.75, 3.05) is 0 Å². The number of allylic oxidation sites excluding steroid dienone is 2. The smallest absolute Gasteiger partial charge is 0.342 e. The molecule has 0 aromatic heterocycles. The highest BCUT2D eigenvalue weighted by molar-refractivity contribution is 5.94. The Morgan fingerprint density at radius 2 is 2.36 bits per heavy atom. The van der Waals surface area contributed by atoms with E-state index in [0.717, 1.165) is 12.8 Å². The lowest BCUT2D eigenvalue weighted by molar-refractivity contribution is -0.133. The third-order valence-corrected chi connectivity index (χ3v) is 1.50. The fourth-order valence-corrected chi connectivity index (χ4v) is 0.955. The van der Waals surface area contributed by atoms with Crippen molar-refractivity contribution in [3.63, 3.8) is 0 Å². The Morgan fingerprint density at radius 1 is 1.64 bits per heavy atom. The van der Waals surface area contributed by atoms with Crippen molar-refractivity contribution in [1.82, 2.24) is 0 Å². The molecule has 1 aliphatic rings. The number of cyclic esters (lactones) is 1. The number of ether oxygens (including phenoxy) is 1. The molecule has 0 amide bonds. The van der Waals surface area contributed by atoms with Gasteiger partial charge in [0.1, 0.15) is 5.76 Å². The maximum absolute atomic E-state index is 10.9. The van der Waals surface area contributed by atoms with Crippen LogP contribution in [-0.2, 0) is 9.53 Å². The van der Waals surface area contributed by atoms with E-state index in [0.29, 0.717) is 11.3 Å². The summed E-state index contributed by atoms with van der Waals surface area (Å²) in [7, 11) is 0. The van der Waals surface area contributed by atoms with Crippen molar-refractivity contribution < 1.29 is 9.53 Å². The van der Waals surface area contributed by atoms with Crippen LogP contribution in [0.5, 0.6) is 0 Å². The summed E-state index contributed by atoms with van der Waals surface area (Å²) in [6.07, 6.45) is 5.69. The largest absolute Gasteiger partial charge is 0.428 e. The van der Waals surface area contributed by atoms with E-state index in [4.69, 9.17) is 4.74 Å². The van der Waals surface area contributed by atoms with Gasteiger partial charge in [-0.2, -0.15) is 0 Å². The first-order valence-corrected chi connectivity index (χ1v) is 3.84. The predicted molar refractivity (Wildman–Crippen MR) is 42.8 cm³/mol. The maximum Gasteiger partial charge on any atom is 0.342 e. The van der Waals surface area contributed by atoms with Crippen LogP contribution in [0.3, 0.4) is 0 Å². The summed E-state index contributed by atoms with van der Waals surface area (Å²) in [6, 6.07) is 0. The molecule has 0 bridgehead atoms. The molecule has 0 unspecified atom stereocenters. The number of rotatable bonds is 2. The number of unbranched alkanes of at least 4 members (excludes halogenated alkanes) is 1. The van der Waals surface area contributed by atoms with E-state index in [2.05, 4.69) is 6.92 Å². The Labute approximate surface area is 66.5 Å². The minimum atomic E-state index is -0.212. The van der Waals surface area contributed by atoms with Gasteiger partial charge in [-0.25, -0.2) is 4.79 Å². The molecule has 0 saturated carbocycles. The lowest BCUT2D eigenvalue weighted by atomic mass is 10.2. The summed E-state index contributed by atoms with van der Waals surface area (Å²) in [4.78, 5) is 10.9. The third-order valence-electron chi connectivity index (χ3n) is 1.50. The molecule has 1 aliphatic heterocycles. The van der Waals surface area contributed by atoms with Gasteiger partial charge in [-0.15, -0.1) is 0 Å². The van der Waals surface area contributed by atoms with E-state index in [-0.39, 0.29) is 5.97 Å². The molecule has 0 fully saturated rings. The van der Waals surface area contributed by atoms with E-state index >= 15 is 0 Å². The fraction of sp³-hybridized carbons (Fsp3) is 0.444. The average molecular weight is 152 g/mol. The van der Waals surface area contributed by atoms with Crippen LogP contribution in [0, 0.1) is 0 Å². The fourth-order valence-electron chi connectivity index (χ4n) is 0.955. The zero-order valence-corrected chi connectivity index (χ0v) is 6.89. The van der Waals surface area contributed by atoms with Gasteiger partial charge >= 0.3 is 5.97 Å². The van der Waals surface area contributed by atoms with Gasteiger partial charge in [0.15, 0.2) is 0 Å². The van der Waals surface area contributed by atoms with Gasteiger partial charge in [0.05, 0.1) is 5.57 Å². The molecule has 60 valence electrons. The molecule has 0 saturated heterocycles. The van der Waals surface area contributed by atoms with E-state index in [1.54, 1.807) is 13.0 Å². The van der Waals surface area contributed by atoms with Crippen LogP contribution < -0.4 is 0 Å². The molecule has 1 rings (SSSR count). The SMILES string of the molecule is CCCC=C1C=C(C)OC1=O. The minimum absolute atomic E-state index is 0.212. The Hall–Kier alpha value is -1.05. The van der Waals surface area contributed by atoms with Gasteiger partial charge in [0.2, 0.25) is 0 Å². The molecular formula is C9H12O2. The summed E-state index contributed by atoms with van der Waals surface area (Å²) in [5, 5.41) is 0. The molecule has 1 heterocycles. The Bertz CT molecular complexity index is 224. The molecule has 0 N–H and O–H groups in total. The second kappa shape index (κ2) is 3.37. The van der Waals surface area contributed by atoms with Crippen molar-refractivity contribution in [1.29, 1.82) is 0 Å². The van der Waals surface area contributed by atoms with Gasteiger partial charge in [-0.1, -0.05) is 19.4 Å². The first-order chi connectivity index (χ1) is 5.24. The van der Waals surface area contributed by atoms with E-state index < -0.39 is 0 Å². The van der Waals surface area contributed by atoms with Crippen molar-refractivity contribution in [3.05, 3.63) is 23.5 Å². The molecule has 0 aromatic carbocycles. The van der Waals surface area contributed by atoms with Crippen LogP contribution in [0.1, 0.15) is 26.7 Å². The van der Waals surface area contributed by atoms with Crippen LogP contribution in [-0.4, -0.2) is 5.97 Å². The lowest BCUT2D eigenvalue weighted by Gasteiger charge is -1.91. The van der Waals surface area contributed by atoms with Crippen LogP contribution in [0.2, 0.25) is 0 Å². The van der Waals surface area contributed by atoms with Crippen LogP contribution in [0.4, 0.5) is 0 Å². The molecule has 2 nitrogen and oxygen atoms in total.